The smallest absolute Gasteiger partial charge is 0.251 e. The van der Waals surface area contributed by atoms with Gasteiger partial charge in [0.25, 0.3) is 5.91 Å². The van der Waals surface area contributed by atoms with E-state index in [0.717, 1.165) is 11.4 Å². The van der Waals surface area contributed by atoms with Gasteiger partial charge in [0.2, 0.25) is 0 Å². The third-order valence-electron chi connectivity index (χ3n) is 2.59. The number of anilines is 1. The van der Waals surface area contributed by atoms with E-state index in [0.29, 0.717) is 17.1 Å². The molecule has 0 spiro atoms. The van der Waals surface area contributed by atoms with Crippen molar-refractivity contribution in [1.29, 1.82) is 0 Å². The van der Waals surface area contributed by atoms with Crippen LogP contribution < -0.4 is 10.6 Å². The second-order valence-electron chi connectivity index (χ2n) is 3.82. The molecule has 2 rings (SSSR count). The number of hydrogen-bond acceptors (Lipinski definition) is 2. The first-order valence-corrected chi connectivity index (χ1v) is 5.96. The maximum atomic E-state index is 11.5. The maximum Gasteiger partial charge on any atom is 0.251 e. The molecule has 0 unspecified atom stereocenters. The normalized spacial score (nSPS) is 10.1. The van der Waals surface area contributed by atoms with Crippen molar-refractivity contribution in [3.05, 3.63) is 52.8 Å². The molecule has 18 heavy (non-hydrogen) atoms. The summed E-state index contributed by atoms with van der Waals surface area (Å²) in [6.45, 7) is 0.629. The van der Waals surface area contributed by atoms with Crippen molar-refractivity contribution in [3.63, 3.8) is 0 Å². The number of rotatable bonds is 4. The van der Waals surface area contributed by atoms with Crippen LogP contribution >= 0.6 is 11.6 Å². The Kier molecular flexibility index (Phi) is 3.89. The number of nitrogens with one attached hydrogen (secondary N) is 3. The highest BCUT2D eigenvalue weighted by atomic mass is 35.5. The summed E-state index contributed by atoms with van der Waals surface area (Å²) < 4.78 is 0. The van der Waals surface area contributed by atoms with E-state index in [2.05, 4.69) is 15.6 Å². The molecule has 0 aliphatic heterocycles. The molecule has 3 N–H and O–H groups in total. The zero-order valence-electron chi connectivity index (χ0n) is 9.96. The Balaban J connectivity index is 2.13. The minimum absolute atomic E-state index is 0.130. The van der Waals surface area contributed by atoms with Crippen molar-refractivity contribution in [2.45, 2.75) is 6.54 Å². The highest BCUT2D eigenvalue weighted by Crippen LogP contribution is 2.23. The number of aromatic amines is 1. The molecule has 0 bridgehead atoms. The fourth-order valence-corrected chi connectivity index (χ4v) is 1.80. The number of carbonyl (C=O) groups excluding carboxylic acids is 1. The molecule has 4 nitrogen and oxygen atoms in total. The lowest BCUT2D eigenvalue weighted by atomic mass is 10.2. The second kappa shape index (κ2) is 5.60. The Morgan fingerprint density at radius 2 is 2.22 bits per heavy atom. The van der Waals surface area contributed by atoms with Crippen molar-refractivity contribution in [2.24, 2.45) is 0 Å². The summed E-state index contributed by atoms with van der Waals surface area (Å²) in [7, 11) is 1.60. The van der Waals surface area contributed by atoms with Crippen molar-refractivity contribution < 1.29 is 4.79 Å². The summed E-state index contributed by atoms with van der Waals surface area (Å²) in [4.78, 5) is 14.6. The summed E-state index contributed by atoms with van der Waals surface area (Å²) in [6.07, 6.45) is 1.86. The van der Waals surface area contributed by atoms with Gasteiger partial charge in [0, 0.05) is 24.5 Å². The Morgan fingerprint density at radius 1 is 1.39 bits per heavy atom. The van der Waals surface area contributed by atoms with Crippen LogP contribution in [0.25, 0.3) is 0 Å². The average Bonchev–Trinajstić information content (AvgIpc) is 2.90. The molecule has 0 radical (unpaired) electrons. The van der Waals surface area contributed by atoms with E-state index < -0.39 is 0 Å². The van der Waals surface area contributed by atoms with Crippen LogP contribution in [0.5, 0.6) is 0 Å². The number of halogens is 1. The molecule has 0 saturated heterocycles. The van der Waals surface area contributed by atoms with Gasteiger partial charge in [0.1, 0.15) is 0 Å². The van der Waals surface area contributed by atoms with E-state index in [1.807, 2.05) is 18.3 Å². The van der Waals surface area contributed by atoms with Crippen molar-refractivity contribution in [2.75, 3.05) is 12.4 Å². The van der Waals surface area contributed by atoms with Gasteiger partial charge >= 0.3 is 0 Å². The fraction of sp³-hybridized carbons (Fsp3) is 0.154. The van der Waals surface area contributed by atoms with Crippen molar-refractivity contribution in [1.82, 2.24) is 10.3 Å². The highest BCUT2D eigenvalue weighted by molar-refractivity contribution is 6.33. The molecular formula is C13H14ClN3O. The first kappa shape index (κ1) is 12.5. The topological polar surface area (TPSA) is 56.9 Å². The van der Waals surface area contributed by atoms with Gasteiger partial charge in [-0.15, -0.1) is 0 Å². The van der Waals surface area contributed by atoms with Gasteiger partial charge in [-0.05, 0) is 30.3 Å². The van der Waals surface area contributed by atoms with Gasteiger partial charge in [0.15, 0.2) is 0 Å². The number of aromatic nitrogens is 1. The van der Waals surface area contributed by atoms with Crippen LogP contribution in [0.4, 0.5) is 5.69 Å². The number of benzene rings is 1. The summed E-state index contributed by atoms with van der Waals surface area (Å²) in [5, 5.41) is 6.36. The number of H-pyrrole nitrogens is 1. The molecule has 1 heterocycles. The van der Waals surface area contributed by atoms with Crippen LogP contribution in [0, 0.1) is 0 Å². The Bertz CT molecular complexity index is 537. The fourth-order valence-electron chi connectivity index (χ4n) is 1.61. The summed E-state index contributed by atoms with van der Waals surface area (Å²) in [5.74, 6) is -0.130. The second-order valence-corrected chi connectivity index (χ2v) is 4.23. The van der Waals surface area contributed by atoms with Crippen LogP contribution in [0.15, 0.2) is 36.5 Å². The van der Waals surface area contributed by atoms with Crippen LogP contribution in [0.3, 0.4) is 0 Å². The standard InChI is InChI=1S/C13H14ClN3O/c1-15-13(18)9-4-5-11(14)12(7-9)17-8-10-3-2-6-16-10/h2-7,16-17H,8H2,1H3,(H,15,18). The Morgan fingerprint density at radius 3 is 2.89 bits per heavy atom. The molecular weight excluding hydrogens is 250 g/mol. The summed E-state index contributed by atoms with van der Waals surface area (Å²) >= 11 is 6.08. The van der Waals surface area contributed by atoms with Gasteiger partial charge in [-0.3, -0.25) is 4.79 Å². The molecule has 94 valence electrons. The molecule has 0 fully saturated rings. The van der Waals surface area contributed by atoms with E-state index in [-0.39, 0.29) is 5.91 Å². The van der Waals surface area contributed by atoms with Gasteiger partial charge in [-0.1, -0.05) is 11.6 Å². The van der Waals surface area contributed by atoms with E-state index in [4.69, 9.17) is 11.6 Å². The zero-order chi connectivity index (χ0) is 13.0. The minimum atomic E-state index is -0.130. The molecule has 0 aliphatic rings. The lowest BCUT2D eigenvalue weighted by Crippen LogP contribution is -2.17. The molecule has 1 aromatic carbocycles. The highest BCUT2D eigenvalue weighted by Gasteiger charge is 2.07. The summed E-state index contributed by atoms with van der Waals surface area (Å²) in [5.41, 5.74) is 2.37. The van der Waals surface area contributed by atoms with Gasteiger partial charge < -0.3 is 15.6 Å². The maximum absolute atomic E-state index is 11.5. The van der Waals surface area contributed by atoms with E-state index >= 15 is 0 Å². The number of hydrogen-bond donors (Lipinski definition) is 3. The van der Waals surface area contributed by atoms with Crippen LogP contribution in [0.1, 0.15) is 16.1 Å². The first-order valence-electron chi connectivity index (χ1n) is 5.58. The Hall–Kier alpha value is -1.94. The number of amides is 1. The first-order chi connectivity index (χ1) is 8.70. The van der Waals surface area contributed by atoms with E-state index in [9.17, 15) is 4.79 Å². The molecule has 0 aliphatic carbocycles. The van der Waals surface area contributed by atoms with Crippen molar-refractivity contribution in [3.8, 4) is 0 Å². The third kappa shape index (κ3) is 2.84. The molecule has 5 heteroatoms. The van der Waals surface area contributed by atoms with Gasteiger partial charge in [-0.25, -0.2) is 0 Å². The van der Waals surface area contributed by atoms with Gasteiger partial charge in [0.05, 0.1) is 17.3 Å². The Labute approximate surface area is 110 Å². The lowest BCUT2D eigenvalue weighted by Gasteiger charge is -2.09. The molecule has 1 amide bonds. The molecule has 1 aromatic heterocycles. The van der Waals surface area contributed by atoms with Crippen LogP contribution in [-0.2, 0) is 6.54 Å². The largest absolute Gasteiger partial charge is 0.378 e. The molecule has 0 saturated carbocycles. The minimum Gasteiger partial charge on any atom is -0.378 e. The van der Waals surface area contributed by atoms with Crippen LogP contribution in [0.2, 0.25) is 5.02 Å². The predicted molar refractivity (Wildman–Crippen MR) is 73.0 cm³/mol. The molecule has 2 aromatic rings. The van der Waals surface area contributed by atoms with Gasteiger partial charge in [-0.2, -0.15) is 0 Å². The summed E-state index contributed by atoms with van der Waals surface area (Å²) in [6, 6.07) is 9.05. The zero-order valence-corrected chi connectivity index (χ0v) is 10.7. The average molecular weight is 264 g/mol. The monoisotopic (exact) mass is 263 g/mol. The third-order valence-corrected chi connectivity index (χ3v) is 2.92. The number of carbonyl (C=O) groups is 1. The molecule has 0 atom stereocenters. The SMILES string of the molecule is CNC(=O)c1ccc(Cl)c(NCc2ccc[nH]2)c1. The van der Waals surface area contributed by atoms with Crippen molar-refractivity contribution >= 4 is 23.2 Å². The van der Waals surface area contributed by atoms with Crippen LogP contribution in [-0.4, -0.2) is 17.9 Å². The van der Waals surface area contributed by atoms with E-state index in [1.54, 1.807) is 25.2 Å². The van der Waals surface area contributed by atoms with E-state index in [1.165, 1.54) is 0 Å². The predicted octanol–water partition coefficient (Wildman–Crippen LogP) is 2.64. The quantitative estimate of drug-likeness (QED) is 0.794. The lowest BCUT2D eigenvalue weighted by molar-refractivity contribution is 0.0963.